The van der Waals surface area contributed by atoms with Crippen LogP contribution in [0.1, 0.15) is 25.7 Å². The first-order valence-corrected chi connectivity index (χ1v) is 7.60. The van der Waals surface area contributed by atoms with E-state index >= 15 is 0 Å². The number of amides is 1. The summed E-state index contributed by atoms with van der Waals surface area (Å²) < 4.78 is 0. The number of aromatic nitrogens is 2. The Bertz CT molecular complexity index is 488. The number of carbonyl (C=O) groups is 1. The Balaban J connectivity index is 1.53. The number of likely N-dealkylation sites (tertiary alicyclic amines) is 1. The second-order valence-corrected chi connectivity index (χ2v) is 5.96. The highest BCUT2D eigenvalue weighted by atomic mass is 35.5. The van der Waals surface area contributed by atoms with Crippen LogP contribution < -0.4 is 4.90 Å². The number of anilines is 1. The lowest BCUT2D eigenvalue weighted by Crippen LogP contribution is -2.39. The van der Waals surface area contributed by atoms with Crippen LogP contribution in [0, 0.1) is 5.92 Å². The fraction of sp³-hybridized carbons (Fsp3) is 0.643. The Morgan fingerprint density at radius 3 is 2.70 bits per heavy atom. The van der Waals surface area contributed by atoms with Crippen molar-refractivity contribution < 1.29 is 4.79 Å². The van der Waals surface area contributed by atoms with Gasteiger partial charge in [-0.15, -0.1) is 0 Å². The summed E-state index contributed by atoms with van der Waals surface area (Å²) in [5.41, 5.74) is 0. The second kappa shape index (κ2) is 5.95. The van der Waals surface area contributed by atoms with E-state index in [0.29, 0.717) is 17.0 Å². The van der Waals surface area contributed by atoms with Gasteiger partial charge in [-0.3, -0.25) is 9.78 Å². The second-order valence-electron chi connectivity index (χ2n) is 5.57. The van der Waals surface area contributed by atoms with Gasteiger partial charge in [0.05, 0.1) is 12.4 Å². The number of halogens is 1. The fourth-order valence-electron chi connectivity index (χ4n) is 3.04. The molecule has 1 aromatic rings. The van der Waals surface area contributed by atoms with Gasteiger partial charge in [0.25, 0.3) is 0 Å². The van der Waals surface area contributed by atoms with Gasteiger partial charge in [0, 0.05) is 32.6 Å². The highest BCUT2D eigenvalue weighted by Crippen LogP contribution is 2.24. The maximum Gasteiger partial charge on any atom is 0.222 e. The fourth-order valence-corrected chi connectivity index (χ4v) is 3.18. The lowest BCUT2D eigenvalue weighted by atomic mass is 9.96. The number of hydrogen-bond acceptors (Lipinski definition) is 4. The van der Waals surface area contributed by atoms with Crippen molar-refractivity contribution in [2.75, 3.05) is 31.1 Å². The summed E-state index contributed by atoms with van der Waals surface area (Å²) in [5, 5.41) is 0.437. The molecule has 20 heavy (non-hydrogen) atoms. The van der Waals surface area contributed by atoms with E-state index in [1.807, 2.05) is 4.90 Å². The van der Waals surface area contributed by atoms with E-state index < -0.39 is 0 Å². The highest BCUT2D eigenvalue weighted by Gasteiger charge is 2.26. The standard InChI is InChI=1S/C14H19ClN4O/c15-12-8-16-9-13(17-12)18-6-3-11(4-7-18)10-19-5-1-2-14(19)20/h8-9,11H,1-7,10H2. The van der Waals surface area contributed by atoms with Crippen molar-refractivity contribution in [2.24, 2.45) is 5.92 Å². The first-order valence-electron chi connectivity index (χ1n) is 7.22. The third-order valence-electron chi connectivity index (χ3n) is 4.18. The van der Waals surface area contributed by atoms with Crippen molar-refractivity contribution in [3.63, 3.8) is 0 Å². The molecule has 1 amide bonds. The van der Waals surface area contributed by atoms with Gasteiger partial charge < -0.3 is 9.80 Å². The molecule has 0 atom stereocenters. The molecule has 0 spiro atoms. The van der Waals surface area contributed by atoms with Crippen LogP contribution in [0.3, 0.4) is 0 Å². The largest absolute Gasteiger partial charge is 0.355 e. The van der Waals surface area contributed by atoms with Gasteiger partial charge in [0.1, 0.15) is 11.0 Å². The SMILES string of the molecule is O=C1CCCN1CC1CCN(c2cncc(Cl)n2)CC1. The van der Waals surface area contributed by atoms with Gasteiger partial charge in [-0.05, 0) is 25.2 Å². The zero-order valence-electron chi connectivity index (χ0n) is 11.5. The Morgan fingerprint density at radius 2 is 2.05 bits per heavy atom. The smallest absolute Gasteiger partial charge is 0.222 e. The number of hydrogen-bond donors (Lipinski definition) is 0. The minimum absolute atomic E-state index is 0.327. The summed E-state index contributed by atoms with van der Waals surface area (Å²) >= 11 is 5.88. The molecule has 6 heteroatoms. The van der Waals surface area contributed by atoms with E-state index in [1.165, 1.54) is 0 Å². The van der Waals surface area contributed by atoms with Crippen LogP contribution in [0.5, 0.6) is 0 Å². The molecule has 108 valence electrons. The van der Waals surface area contributed by atoms with Gasteiger partial charge in [-0.1, -0.05) is 11.6 Å². The van der Waals surface area contributed by atoms with Gasteiger partial charge in [0.2, 0.25) is 5.91 Å². The Kier molecular flexibility index (Phi) is 4.05. The summed E-state index contributed by atoms with van der Waals surface area (Å²) in [6.07, 6.45) is 7.26. The summed E-state index contributed by atoms with van der Waals surface area (Å²) in [6, 6.07) is 0. The van der Waals surface area contributed by atoms with E-state index in [4.69, 9.17) is 11.6 Å². The van der Waals surface area contributed by atoms with E-state index in [2.05, 4.69) is 14.9 Å². The molecule has 0 saturated carbocycles. The molecule has 5 nitrogen and oxygen atoms in total. The van der Waals surface area contributed by atoms with Crippen LogP contribution in [0.15, 0.2) is 12.4 Å². The molecule has 2 fully saturated rings. The Labute approximate surface area is 123 Å². The minimum atomic E-state index is 0.327. The molecule has 2 saturated heterocycles. The highest BCUT2D eigenvalue weighted by molar-refractivity contribution is 6.29. The topological polar surface area (TPSA) is 49.3 Å². The van der Waals surface area contributed by atoms with E-state index in [1.54, 1.807) is 12.4 Å². The van der Waals surface area contributed by atoms with Crippen LogP contribution >= 0.6 is 11.6 Å². The van der Waals surface area contributed by atoms with Gasteiger partial charge in [0.15, 0.2) is 0 Å². The minimum Gasteiger partial charge on any atom is -0.355 e. The molecule has 2 aliphatic rings. The van der Waals surface area contributed by atoms with Crippen LogP contribution in [0.25, 0.3) is 0 Å². The van der Waals surface area contributed by atoms with Crippen LogP contribution in [0.4, 0.5) is 5.82 Å². The van der Waals surface area contributed by atoms with Crippen LogP contribution in [-0.4, -0.2) is 47.0 Å². The third kappa shape index (κ3) is 3.03. The predicted molar refractivity (Wildman–Crippen MR) is 77.8 cm³/mol. The summed E-state index contributed by atoms with van der Waals surface area (Å²) in [7, 11) is 0. The normalized spacial score (nSPS) is 20.8. The number of carbonyl (C=O) groups excluding carboxylic acids is 1. The van der Waals surface area contributed by atoms with Crippen molar-refractivity contribution in [3.05, 3.63) is 17.5 Å². The molecule has 3 heterocycles. The summed E-state index contributed by atoms with van der Waals surface area (Å²) in [4.78, 5) is 24.3. The Morgan fingerprint density at radius 1 is 1.25 bits per heavy atom. The van der Waals surface area contributed by atoms with Gasteiger partial charge >= 0.3 is 0 Å². The monoisotopic (exact) mass is 294 g/mol. The molecular formula is C14H19ClN4O. The zero-order chi connectivity index (χ0) is 13.9. The lowest BCUT2D eigenvalue weighted by Gasteiger charge is -2.34. The first-order chi connectivity index (χ1) is 9.72. The lowest BCUT2D eigenvalue weighted by molar-refractivity contribution is -0.128. The van der Waals surface area contributed by atoms with Crippen molar-refractivity contribution in [2.45, 2.75) is 25.7 Å². The van der Waals surface area contributed by atoms with Crippen LogP contribution in [0.2, 0.25) is 5.15 Å². The molecule has 0 bridgehead atoms. The van der Waals surface area contributed by atoms with Crippen LogP contribution in [-0.2, 0) is 4.79 Å². The average molecular weight is 295 g/mol. The van der Waals surface area contributed by atoms with Crippen molar-refractivity contribution in [1.29, 1.82) is 0 Å². The molecule has 0 N–H and O–H groups in total. The predicted octanol–water partition coefficient (Wildman–Crippen LogP) is 1.97. The Hall–Kier alpha value is -1.36. The quantitative estimate of drug-likeness (QED) is 0.855. The van der Waals surface area contributed by atoms with E-state index in [-0.39, 0.29) is 0 Å². The average Bonchev–Trinajstić information content (AvgIpc) is 2.85. The van der Waals surface area contributed by atoms with Crippen molar-refractivity contribution in [3.8, 4) is 0 Å². The van der Waals surface area contributed by atoms with E-state index in [0.717, 1.165) is 57.7 Å². The number of rotatable bonds is 3. The van der Waals surface area contributed by atoms with Crippen molar-refractivity contribution >= 4 is 23.3 Å². The summed E-state index contributed by atoms with van der Waals surface area (Å²) in [6.45, 7) is 3.79. The zero-order valence-corrected chi connectivity index (χ0v) is 12.2. The van der Waals surface area contributed by atoms with Gasteiger partial charge in [-0.25, -0.2) is 4.98 Å². The molecule has 0 aromatic carbocycles. The van der Waals surface area contributed by atoms with Gasteiger partial charge in [-0.2, -0.15) is 0 Å². The summed E-state index contributed by atoms with van der Waals surface area (Å²) in [5.74, 6) is 1.79. The van der Waals surface area contributed by atoms with Crippen molar-refractivity contribution in [1.82, 2.24) is 14.9 Å². The molecule has 2 aliphatic heterocycles. The molecule has 0 radical (unpaired) electrons. The van der Waals surface area contributed by atoms with E-state index in [9.17, 15) is 4.79 Å². The molecule has 0 unspecified atom stereocenters. The first kappa shape index (κ1) is 13.6. The maximum atomic E-state index is 11.7. The number of piperidine rings is 1. The molecule has 3 rings (SSSR count). The molecule has 1 aromatic heterocycles. The third-order valence-corrected chi connectivity index (χ3v) is 4.36. The maximum absolute atomic E-state index is 11.7. The molecular weight excluding hydrogens is 276 g/mol. The molecule has 0 aliphatic carbocycles. The number of nitrogens with zero attached hydrogens (tertiary/aromatic N) is 4.